The highest BCUT2D eigenvalue weighted by atomic mass is 32.2. The average Bonchev–Trinajstić information content (AvgIpc) is 2.17. The fraction of sp³-hybridized carbons (Fsp3) is 0.222. The molecule has 0 saturated heterocycles. The minimum atomic E-state index is 0.604. The molecule has 0 bridgehead atoms. The van der Waals surface area contributed by atoms with Crippen LogP contribution >= 0.6 is 11.8 Å². The van der Waals surface area contributed by atoms with Gasteiger partial charge >= 0.3 is 0 Å². The molecule has 0 atom stereocenters. The van der Waals surface area contributed by atoms with Crippen LogP contribution in [0.3, 0.4) is 0 Å². The number of amides is 1. The summed E-state index contributed by atoms with van der Waals surface area (Å²) in [7, 11) is 0. The van der Waals surface area contributed by atoms with E-state index in [2.05, 4.69) is 0 Å². The zero-order chi connectivity index (χ0) is 9.84. The van der Waals surface area contributed by atoms with Gasteiger partial charge in [-0.25, -0.2) is 5.84 Å². The largest absolute Gasteiger partial charge is 0.277 e. The van der Waals surface area contributed by atoms with Crippen molar-refractivity contribution in [1.29, 1.82) is 0 Å². The summed E-state index contributed by atoms with van der Waals surface area (Å²) in [6, 6.07) is 5.71. The van der Waals surface area contributed by atoms with Crippen molar-refractivity contribution in [3.8, 4) is 0 Å². The third kappa shape index (κ3) is 2.02. The Morgan fingerprint density at radius 1 is 1.54 bits per heavy atom. The van der Waals surface area contributed by atoms with Crippen LogP contribution in [0.15, 0.2) is 23.1 Å². The van der Waals surface area contributed by atoms with Gasteiger partial charge in [-0.3, -0.25) is 9.80 Å². The first-order valence-electron chi connectivity index (χ1n) is 3.83. The van der Waals surface area contributed by atoms with Crippen LogP contribution in [-0.2, 0) is 4.79 Å². The van der Waals surface area contributed by atoms with E-state index in [-0.39, 0.29) is 0 Å². The molecule has 0 fully saturated rings. The lowest BCUT2D eigenvalue weighted by atomic mass is 10.2. The monoisotopic (exact) mass is 196 g/mol. The number of nitrogens with zero attached hydrogens (tertiary/aromatic N) is 1. The number of rotatable bonds is 3. The Morgan fingerprint density at radius 3 is 2.77 bits per heavy atom. The highest BCUT2D eigenvalue weighted by Crippen LogP contribution is 2.26. The molecule has 1 aromatic rings. The molecule has 0 aliphatic heterocycles. The first-order valence-corrected chi connectivity index (χ1v) is 5.06. The van der Waals surface area contributed by atoms with Gasteiger partial charge < -0.3 is 0 Å². The molecule has 1 amide bonds. The van der Waals surface area contributed by atoms with Crippen LogP contribution in [0, 0.1) is 6.92 Å². The van der Waals surface area contributed by atoms with Crippen LogP contribution < -0.4 is 10.9 Å². The van der Waals surface area contributed by atoms with Gasteiger partial charge in [0.05, 0.1) is 5.69 Å². The molecule has 0 spiro atoms. The van der Waals surface area contributed by atoms with Crippen molar-refractivity contribution in [2.24, 2.45) is 5.84 Å². The molecule has 0 unspecified atom stereocenters. The maximum absolute atomic E-state index is 10.5. The standard InChI is InChI=1S/C9H12N2OS/c1-7-8(11(10)6-12)4-3-5-9(7)13-2/h3-6H,10H2,1-2H3. The predicted molar refractivity (Wildman–Crippen MR) is 55.7 cm³/mol. The molecule has 1 rings (SSSR count). The summed E-state index contributed by atoms with van der Waals surface area (Å²) < 4.78 is 0. The molecule has 70 valence electrons. The summed E-state index contributed by atoms with van der Waals surface area (Å²) in [4.78, 5) is 11.6. The van der Waals surface area contributed by atoms with E-state index < -0.39 is 0 Å². The van der Waals surface area contributed by atoms with E-state index in [4.69, 9.17) is 5.84 Å². The topological polar surface area (TPSA) is 46.3 Å². The third-order valence-electron chi connectivity index (χ3n) is 1.87. The average molecular weight is 196 g/mol. The Kier molecular flexibility index (Phi) is 3.33. The summed E-state index contributed by atoms with van der Waals surface area (Å²) in [5, 5.41) is 1.09. The van der Waals surface area contributed by atoms with Gasteiger partial charge in [0, 0.05) is 4.90 Å². The number of carbonyl (C=O) groups is 1. The van der Waals surface area contributed by atoms with Gasteiger partial charge in [0.2, 0.25) is 6.41 Å². The van der Waals surface area contributed by atoms with Crippen LogP contribution in [0.5, 0.6) is 0 Å². The van der Waals surface area contributed by atoms with Crippen molar-refractivity contribution < 1.29 is 4.79 Å². The van der Waals surface area contributed by atoms with Crippen LogP contribution in [0.2, 0.25) is 0 Å². The predicted octanol–water partition coefficient (Wildman–Crippen LogP) is 1.55. The van der Waals surface area contributed by atoms with Gasteiger partial charge in [-0.05, 0) is 30.9 Å². The number of nitrogens with two attached hydrogens (primary N) is 1. The van der Waals surface area contributed by atoms with E-state index in [0.717, 1.165) is 21.2 Å². The second kappa shape index (κ2) is 4.30. The van der Waals surface area contributed by atoms with Crippen molar-refractivity contribution in [3.63, 3.8) is 0 Å². The molecule has 2 N–H and O–H groups in total. The van der Waals surface area contributed by atoms with Crippen LogP contribution in [-0.4, -0.2) is 12.7 Å². The smallest absolute Gasteiger partial charge is 0.228 e. The van der Waals surface area contributed by atoms with Gasteiger partial charge in [-0.1, -0.05) is 6.07 Å². The molecule has 0 aliphatic carbocycles. The second-order valence-corrected chi connectivity index (χ2v) is 3.47. The molecule has 4 heteroatoms. The summed E-state index contributed by atoms with van der Waals surface area (Å²) in [6.45, 7) is 1.95. The van der Waals surface area contributed by atoms with Crippen molar-refractivity contribution in [2.75, 3.05) is 11.3 Å². The molecular formula is C9H12N2OS. The Labute approximate surface area is 81.9 Å². The lowest BCUT2D eigenvalue weighted by molar-refractivity contribution is -0.107. The Morgan fingerprint density at radius 2 is 2.23 bits per heavy atom. The second-order valence-electron chi connectivity index (χ2n) is 2.62. The minimum Gasteiger partial charge on any atom is -0.277 e. The van der Waals surface area contributed by atoms with E-state index >= 15 is 0 Å². The van der Waals surface area contributed by atoms with Gasteiger partial charge in [-0.2, -0.15) is 0 Å². The zero-order valence-corrected chi connectivity index (χ0v) is 8.47. The third-order valence-corrected chi connectivity index (χ3v) is 2.75. The fourth-order valence-electron chi connectivity index (χ4n) is 1.16. The zero-order valence-electron chi connectivity index (χ0n) is 7.65. The minimum absolute atomic E-state index is 0.604. The molecular weight excluding hydrogens is 184 g/mol. The van der Waals surface area contributed by atoms with Crippen LogP contribution in [0.1, 0.15) is 5.56 Å². The number of carbonyl (C=O) groups excluding carboxylic acids is 1. The first-order chi connectivity index (χ1) is 6.20. The number of hydrogen-bond acceptors (Lipinski definition) is 3. The maximum atomic E-state index is 10.5. The van der Waals surface area contributed by atoms with Gasteiger partial charge in [0.15, 0.2) is 0 Å². The van der Waals surface area contributed by atoms with Gasteiger partial charge in [0.25, 0.3) is 0 Å². The molecule has 0 radical (unpaired) electrons. The molecule has 0 saturated carbocycles. The molecule has 3 nitrogen and oxygen atoms in total. The summed E-state index contributed by atoms with van der Waals surface area (Å²) in [5.74, 6) is 5.47. The lowest BCUT2D eigenvalue weighted by Gasteiger charge is -2.14. The van der Waals surface area contributed by atoms with Gasteiger partial charge in [-0.15, -0.1) is 11.8 Å². The highest BCUT2D eigenvalue weighted by Gasteiger charge is 2.06. The van der Waals surface area contributed by atoms with Crippen LogP contribution in [0.4, 0.5) is 5.69 Å². The normalized spacial score (nSPS) is 9.77. The first kappa shape index (κ1) is 10.1. The number of anilines is 1. The van der Waals surface area contributed by atoms with Crippen molar-refractivity contribution in [3.05, 3.63) is 23.8 Å². The van der Waals surface area contributed by atoms with Crippen molar-refractivity contribution >= 4 is 23.9 Å². The Balaban J connectivity index is 3.14. The SMILES string of the molecule is CSc1cccc(N(N)C=O)c1C. The fourth-order valence-corrected chi connectivity index (χ4v) is 1.79. The van der Waals surface area contributed by atoms with E-state index in [1.807, 2.05) is 31.4 Å². The molecule has 0 aromatic heterocycles. The number of hydrogen-bond donors (Lipinski definition) is 1. The van der Waals surface area contributed by atoms with E-state index in [1.54, 1.807) is 11.8 Å². The van der Waals surface area contributed by atoms with E-state index in [0.29, 0.717) is 6.41 Å². The summed E-state index contributed by atoms with van der Waals surface area (Å²) in [6.07, 6.45) is 2.60. The maximum Gasteiger partial charge on any atom is 0.228 e. The lowest BCUT2D eigenvalue weighted by Crippen LogP contribution is -2.29. The summed E-state index contributed by atoms with van der Waals surface area (Å²) in [5.41, 5.74) is 1.78. The van der Waals surface area contributed by atoms with Crippen molar-refractivity contribution in [2.45, 2.75) is 11.8 Å². The van der Waals surface area contributed by atoms with E-state index in [1.165, 1.54) is 0 Å². The Bertz CT molecular complexity index is 314. The molecule has 0 aliphatic rings. The highest BCUT2D eigenvalue weighted by molar-refractivity contribution is 7.98. The summed E-state index contributed by atoms with van der Waals surface area (Å²) >= 11 is 1.64. The Hall–Kier alpha value is -1.00. The molecule has 1 aromatic carbocycles. The van der Waals surface area contributed by atoms with E-state index in [9.17, 15) is 4.79 Å². The molecule has 13 heavy (non-hydrogen) atoms. The number of thioether (sulfide) groups is 1. The number of hydrazine groups is 1. The van der Waals surface area contributed by atoms with Gasteiger partial charge in [0.1, 0.15) is 0 Å². The van der Waals surface area contributed by atoms with Crippen LogP contribution in [0.25, 0.3) is 0 Å². The molecule has 0 heterocycles. The quantitative estimate of drug-likeness (QED) is 0.262. The van der Waals surface area contributed by atoms with Crippen molar-refractivity contribution in [1.82, 2.24) is 0 Å². The number of benzene rings is 1.